The van der Waals surface area contributed by atoms with Crippen LogP contribution in [0.3, 0.4) is 0 Å². The molecule has 2 saturated carbocycles. The van der Waals surface area contributed by atoms with E-state index in [1.165, 1.54) is 26.4 Å². The molecule has 2 bridgehead atoms. The van der Waals surface area contributed by atoms with Crippen LogP contribution in [-0.2, 0) is 31.5 Å². The average molecular weight is 912 g/mol. The van der Waals surface area contributed by atoms with E-state index in [4.69, 9.17) is 14.5 Å². The molecular formula is C50H51F2N9O6. The Labute approximate surface area is 385 Å². The Morgan fingerprint density at radius 3 is 2.28 bits per heavy atom. The minimum Gasteiger partial charge on any atom is -0.453 e. The van der Waals surface area contributed by atoms with Crippen LogP contribution in [0.5, 0.6) is 0 Å². The van der Waals surface area contributed by atoms with Gasteiger partial charge in [0.05, 0.1) is 61.4 Å². The van der Waals surface area contributed by atoms with Crippen molar-refractivity contribution in [3.05, 3.63) is 108 Å². The van der Waals surface area contributed by atoms with Crippen LogP contribution in [0.2, 0.25) is 0 Å². The Bertz CT molecular complexity index is 2890. The number of ether oxygens (including phenoxy) is 2. The SMILES string of the molecule is C=CC1(CN(Cc2ncc(-c3ccc4c(c3)C(F)(F)c3cc(-c5ccc6nc([C@@H]7[C@H]8CC[C@H](C8)N7C(=O)[C@@H](NC(=O)OC)C(=C)C#N)[nH]c6c5)ccc3-4)[nH]2)C(=O)[C@@H](NC(=O)OC)C(C)C)CC1. The highest BCUT2D eigenvalue weighted by Gasteiger charge is 2.52. The van der Waals surface area contributed by atoms with E-state index in [0.29, 0.717) is 62.7 Å². The molecule has 9 rings (SSSR count). The number of hydrogen-bond acceptors (Lipinski definition) is 9. The smallest absolute Gasteiger partial charge is 0.407 e. The molecule has 0 spiro atoms. The molecule has 15 nitrogen and oxygen atoms in total. The van der Waals surface area contributed by atoms with Gasteiger partial charge >= 0.3 is 12.2 Å². The lowest BCUT2D eigenvalue weighted by molar-refractivity contribution is -0.137. The van der Waals surface area contributed by atoms with Crippen LogP contribution in [-0.4, -0.2) is 92.6 Å². The first-order valence-corrected chi connectivity index (χ1v) is 22.3. The number of methoxy groups -OCH3 is 2. The molecule has 3 aromatic carbocycles. The van der Waals surface area contributed by atoms with Gasteiger partial charge in [-0.25, -0.2) is 19.6 Å². The first kappa shape index (κ1) is 44.8. The Morgan fingerprint density at radius 2 is 1.63 bits per heavy atom. The van der Waals surface area contributed by atoms with Gasteiger partial charge < -0.3 is 39.9 Å². The largest absolute Gasteiger partial charge is 0.453 e. The highest BCUT2D eigenvalue weighted by Crippen LogP contribution is 2.54. The molecule has 3 heterocycles. The summed E-state index contributed by atoms with van der Waals surface area (Å²) < 4.78 is 42.8. The van der Waals surface area contributed by atoms with Crippen molar-refractivity contribution in [1.29, 1.82) is 5.26 Å². The second-order valence-electron chi connectivity index (χ2n) is 18.4. The molecule has 67 heavy (non-hydrogen) atoms. The van der Waals surface area contributed by atoms with E-state index in [1.807, 2.05) is 50.3 Å². The van der Waals surface area contributed by atoms with Crippen LogP contribution in [0, 0.1) is 28.6 Å². The number of benzene rings is 3. The third kappa shape index (κ3) is 8.08. The fourth-order valence-electron chi connectivity index (χ4n) is 10.1. The van der Waals surface area contributed by atoms with Crippen molar-refractivity contribution in [2.45, 2.75) is 82.6 Å². The molecule has 4 amide bonds. The van der Waals surface area contributed by atoms with Gasteiger partial charge in [-0.15, -0.1) is 6.58 Å². The molecule has 3 fully saturated rings. The normalized spacial score (nSPS) is 20.0. The lowest BCUT2D eigenvalue weighted by atomic mass is 9.96. The maximum Gasteiger partial charge on any atom is 0.407 e. The number of rotatable bonds is 14. The molecule has 0 radical (unpaired) electrons. The summed E-state index contributed by atoms with van der Waals surface area (Å²) in [5.74, 6) is -3.21. The molecule has 0 unspecified atom stereocenters. The number of piperidine rings is 1. The number of alkyl halides is 2. The van der Waals surface area contributed by atoms with Crippen molar-refractivity contribution in [3.8, 4) is 39.6 Å². The van der Waals surface area contributed by atoms with Gasteiger partial charge in [-0.2, -0.15) is 14.0 Å². The summed E-state index contributed by atoms with van der Waals surface area (Å²) >= 11 is 0. The monoisotopic (exact) mass is 911 g/mol. The first-order valence-electron chi connectivity index (χ1n) is 22.3. The van der Waals surface area contributed by atoms with Crippen LogP contribution in [0.25, 0.3) is 44.5 Å². The van der Waals surface area contributed by atoms with Crippen LogP contribution >= 0.6 is 0 Å². The van der Waals surface area contributed by atoms with Gasteiger partial charge in [0.15, 0.2) is 0 Å². The summed E-state index contributed by atoms with van der Waals surface area (Å²) in [5, 5.41) is 14.7. The number of nitrogens with one attached hydrogen (secondary N) is 4. The number of likely N-dealkylation sites (tertiary alicyclic amines) is 1. The number of alkyl carbamates (subject to hydrolysis) is 2. The summed E-state index contributed by atoms with van der Waals surface area (Å²) in [6.45, 7) is 11.8. The number of aromatic amines is 2. The van der Waals surface area contributed by atoms with Gasteiger partial charge in [0, 0.05) is 34.7 Å². The number of H-pyrrole nitrogens is 2. The standard InChI is InChI=1S/C50H51F2N9O6/c1-7-49(16-17-49)25-60(45(62)41(26(2)3)58-47(64)66-5)24-40-54-23-39(55-40)30-10-14-34-33-13-9-28(19-35(33)50(51,52)36(34)20-30)29-11-15-37-38(21-29)57-44(56-37)43-31-8-12-32(18-31)61(43)46(63)42(27(4)22-53)59-48(65)67-6/h7,9-11,13-15,19-21,23,26,31-32,41-43H,1,4,8,12,16-18,24-25H2,2-3,5-6H3,(H,54,55)(H,56,57)(H,58,64)(H,59,65)/t31-,32+,41-,42-,43-/m0/s1. The average Bonchev–Trinajstić information content (AvgIpc) is 3.84. The van der Waals surface area contributed by atoms with Gasteiger partial charge in [-0.1, -0.05) is 56.8 Å². The third-order valence-corrected chi connectivity index (χ3v) is 14.0. The molecule has 1 saturated heterocycles. The Kier molecular flexibility index (Phi) is 11.5. The van der Waals surface area contributed by atoms with Crippen molar-refractivity contribution in [2.75, 3.05) is 20.8 Å². The molecule has 4 aliphatic rings. The molecule has 5 atom stereocenters. The number of nitriles is 1. The highest BCUT2D eigenvalue weighted by molar-refractivity contribution is 5.91. The highest BCUT2D eigenvalue weighted by atomic mass is 19.3. The second kappa shape index (κ2) is 17.1. The molecule has 346 valence electrons. The van der Waals surface area contributed by atoms with Crippen molar-refractivity contribution in [1.82, 2.24) is 40.4 Å². The minimum absolute atomic E-state index is 0.0948. The number of halogens is 2. The zero-order valence-corrected chi connectivity index (χ0v) is 37.6. The van der Waals surface area contributed by atoms with Crippen molar-refractivity contribution >= 4 is 35.0 Å². The van der Waals surface area contributed by atoms with E-state index < -0.39 is 42.1 Å². The zero-order chi connectivity index (χ0) is 47.5. The lowest BCUT2D eigenvalue weighted by Crippen LogP contribution is -2.52. The molecule has 2 aromatic heterocycles. The van der Waals surface area contributed by atoms with E-state index in [-0.39, 0.29) is 52.4 Å². The van der Waals surface area contributed by atoms with Gasteiger partial charge in [0.1, 0.15) is 23.7 Å². The lowest BCUT2D eigenvalue weighted by Gasteiger charge is -2.36. The molecule has 17 heteroatoms. The van der Waals surface area contributed by atoms with Crippen LogP contribution < -0.4 is 10.6 Å². The van der Waals surface area contributed by atoms with Crippen LogP contribution in [0.15, 0.2) is 85.6 Å². The van der Waals surface area contributed by atoms with Crippen molar-refractivity contribution in [3.63, 3.8) is 0 Å². The summed E-state index contributed by atoms with van der Waals surface area (Å²) in [6, 6.07) is 14.7. The number of carbonyl (C=O) groups is 4. The van der Waals surface area contributed by atoms with E-state index >= 15 is 8.78 Å². The summed E-state index contributed by atoms with van der Waals surface area (Å²) in [7, 11) is 2.41. The van der Waals surface area contributed by atoms with Crippen LogP contribution in [0.4, 0.5) is 18.4 Å². The van der Waals surface area contributed by atoms with Gasteiger partial charge in [-0.3, -0.25) is 9.59 Å². The third-order valence-electron chi connectivity index (χ3n) is 14.0. The number of fused-ring (bicyclic) bond motifs is 6. The molecule has 5 aromatic rings. The summed E-state index contributed by atoms with van der Waals surface area (Å²) in [6.07, 6.45) is 6.02. The first-order chi connectivity index (χ1) is 32.1. The van der Waals surface area contributed by atoms with Crippen molar-refractivity contribution in [2.24, 2.45) is 17.3 Å². The number of hydrogen-bond donors (Lipinski definition) is 4. The summed E-state index contributed by atoms with van der Waals surface area (Å²) in [5.41, 5.74) is 3.80. The minimum atomic E-state index is -3.33. The molecule has 3 aliphatic carbocycles. The Balaban J connectivity index is 0.951. The quantitative estimate of drug-likeness (QED) is 0.0626. The van der Waals surface area contributed by atoms with E-state index in [0.717, 1.165) is 32.1 Å². The fourth-order valence-corrected chi connectivity index (χ4v) is 10.1. The number of amides is 4. The fraction of sp³-hybridized carbons (Fsp3) is 0.380. The van der Waals surface area contributed by atoms with Gasteiger partial charge in [0.25, 0.3) is 11.8 Å². The van der Waals surface area contributed by atoms with E-state index in [1.54, 1.807) is 34.2 Å². The van der Waals surface area contributed by atoms with Crippen LogP contribution in [0.1, 0.15) is 74.8 Å². The Hall–Kier alpha value is -7.35. The van der Waals surface area contributed by atoms with E-state index in [9.17, 15) is 24.4 Å². The molecule has 4 N–H and O–H groups in total. The zero-order valence-electron chi connectivity index (χ0n) is 37.6. The second-order valence-corrected chi connectivity index (χ2v) is 18.4. The Morgan fingerprint density at radius 1 is 0.970 bits per heavy atom. The maximum atomic E-state index is 16.6. The van der Waals surface area contributed by atoms with Gasteiger partial charge in [0.2, 0.25) is 5.91 Å². The number of nitrogens with zero attached hydrogens (tertiary/aromatic N) is 5. The predicted octanol–water partition coefficient (Wildman–Crippen LogP) is 8.27. The predicted molar refractivity (Wildman–Crippen MR) is 244 cm³/mol. The molecular weight excluding hydrogens is 861 g/mol. The maximum absolute atomic E-state index is 16.6. The van der Waals surface area contributed by atoms with Crippen molar-refractivity contribution < 1.29 is 37.4 Å². The topological polar surface area (TPSA) is 198 Å². The number of imidazole rings is 2. The number of carbonyl (C=O) groups excluding carboxylic acids is 4. The number of aromatic nitrogens is 4. The van der Waals surface area contributed by atoms with Gasteiger partial charge in [-0.05, 0) is 90.5 Å². The summed E-state index contributed by atoms with van der Waals surface area (Å²) in [4.78, 5) is 71.7. The van der Waals surface area contributed by atoms with E-state index in [2.05, 4.69) is 38.7 Å². The molecule has 1 aliphatic heterocycles.